The Morgan fingerprint density at radius 2 is 1.89 bits per heavy atom. The number of rotatable bonds is 5. The summed E-state index contributed by atoms with van der Waals surface area (Å²) in [6.45, 7) is 0. The van der Waals surface area contributed by atoms with E-state index in [-0.39, 0.29) is 5.75 Å². The van der Waals surface area contributed by atoms with Crippen LogP contribution < -0.4 is 10.6 Å². The number of hydrogen-bond acceptors (Lipinski definition) is 6. The van der Waals surface area contributed by atoms with Gasteiger partial charge >= 0.3 is 0 Å². The lowest BCUT2D eigenvalue weighted by Gasteiger charge is -2.31. The summed E-state index contributed by atoms with van der Waals surface area (Å²) in [5.74, 6) is 0.635. The standard InChI is InChI=1S/C20H23N5O2S/c26-28(27,12-14-4-2-1-3-5-14)25-11-10-16-19(21-13-22-20(16)25)24-18-9-7-15-6-8-17(18)23-15/h1-5,10-11,13,15,17-18,23H,6-9,12H2,(H,21,22,24)/t15-,17+,18+/m0/s1. The van der Waals surface area contributed by atoms with Crippen LogP contribution in [0.1, 0.15) is 31.2 Å². The molecule has 0 amide bonds. The lowest BCUT2D eigenvalue weighted by molar-refractivity contribution is 0.375. The second-order valence-electron chi connectivity index (χ2n) is 7.69. The van der Waals surface area contributed by atoms with Gasteiger partial charge in [-0.3, -0.25) is 0 Å². The maximum atomic E-state index is 13.0. The van der Waals surface area contributed by atoms with Gasteiger partial charge in [0, 0.05) is 24.3 Å². The molecule has 7 nitrogen and oxygen atoms in total. The van der Waals surface area contributed by atoms with E-state index in [4.69, 9.17) is 0 Å². The van der Waals surface area contributed by atoms with Gasteiger partial charge in [0.15, 0.2) is 5.65 Å². The van der Waals surface area contributed by atoms with Crippen LogP contribution in [0.2, 0.25) is 0 Å². The molecule has 0 radical (unpaired) electrons. The topological polar surface area (TPSA) is 88.9 Å². The fourth-order valence-corrected chi connectivity index (χ4v) is 5.86. The molecule has 2 N–H and O–H groups in total. The molecule has 5 rings (SSSR count). The minimum Gasteiger partial charge on any atom is -0.365 e. The summed E-state index contributed by atoms with van der Waals surface area (Å²) in [5.41, 5.74) is 1.17. The van der Waals surface area contributed by atoms with Crippen LogP contribution in [0.15, 0.2) is 48.9 Å². The summed E-state index contributed by atoms with van der Waals surface area (Å²) < 4.78 is 27.2. The SMILES string of the molecule is O=S(=O)(Cc1ccccc1)n1ccc2c(N[C@@H]3CC[C@@H]4CC[C@H]3N4)ncnc21. The number of nitrogens with one attached hydrogen (secondary N) is 2. The van der Waals surface area contributed by atoms with Crippen LogP contribution in [0.4, 0.5) is 5.82 Å². The normalized spacial score (nSPS) is 24.5. The van der Waals surface area contributed by atoms with Crippen LogP contribution in [0.5, 0.6) is 0 Å². The predicted molar refractivity (Wildman–Crippen MR) is 109 cm³/mol. The Hall–Kier alpha value is -2.45. The van der Waals surface area contributed by atoms with E-state index in [2.05, 4.69) is 20.6 Å². The van der Waals surface area contributed by atoms with E-state index in [1.165, 1.54) is 23.1 Å². The van der Waals surface area contributed by atoms with Gasteiger partial charge in [0.1, 0.15) is 12.1 Å². The Bertz CT molecular complexity index is 1100. The van der Waals surface area contributed by atoms with E-state index in [0.29, 0.717) is 29.6 Å². The van der Waals surface area contributed by atoms with Crippen LogP contribution >= 0.6 is 0 Å². The van der Waals surface area contributed by atoms with Crippen molar-refractivity contribution in [2.75, 3.05) is 5.32 Å². The van der Waals surface area contributed by atoms with Crippen LogP contribution in [0.25, 0.3) is 11.0 Å². The van der Waals surface area contributed by atoms with Gasteiger partial charge in [-0.1, -0.05) is 30.3 Å². The minimum atomic E-state index is -3.57. The predicted octanol–water partition coefficient (Wildman–Crippen LogP) is 2.50. The molecule has 0 spiro atoms. The smallest absolute Gasteiger partial charge is 0.244 e. The van der Waals surface area contributed by atoms with Gasteiger partial charge in [0.2, 0.25) is 10.0 Å². The number of fused-ring (bicyclic) bond motifs is 3. The second kappa shape index (κ2) is 6.86. The number of benzene rings is 1. The van der Waals surface area contributed by atoms with E-state index < -0.39 is 10.0 Å². The molecule has 28 heavy (non-hydrogen) atoms. The molecule has 3 atom stereocenters. The first-order valence-electron chi connectivity index (χ1n) is 9.72. The molecule has 2 saturated heterocycles. The summed E-state index contributed by atoms with van der Waals surface area (Å²) >= 11 is 0. The van der Waals surface area contributed by atoms with Crippen molar-refractivity contribution in [1.82, 2.24) is 19.3 Å². The first-order valence-corrected chi connectivity index (χ1v) is 11.3. The number of piperidine rings is 1. The average molecular weight is 398 g/mol. The number of anilines is 1. The zero-order valence-corrected chi connectivity index (χ0v) is 16.3. The second-order valence-corrected chi connectivity index (χ2v) is 9.53. The fraction of sp³-hybridized carbons (Fsp3) is 0.400. The summed E-state index contributed by atoms with van der Waals surface area (Å²) in [4.78, 5) is 8.67. The quantitative estimate of drug-likeness (QED) is 0.688. The van der Waals surface area contributed by atoms with Crippen molar-refractivity contribution in [3.63, 3.8) is 0 Å². The molecule has 8 heteroatoms. The van der Waals surface area contributed by atoms with Crippen LogP contribution in [0, 0.1) is 0 Å². The lowest BCUT2D eigenvalue weighted by Crippen LogP contribution is -2.47. The maximum absolute atomic E-state index is 13.0. The summed E-state index contributed by atoms with van der Waals surface area (Å²) in [6.07, 6.45) is 7.68. The van der Waals surface area contributed by atoms with Gasteiger partial charge < -0.3 is 10.6 Å². The third kappa shape index (κ3) is 3.16. The van der Waals surface area contributed by atoms with Gasteiger partial charge in [-0.05, 0) is 37.3 Å². The molecule has 146 valence electrons. The third-order valence-electron chi connectivity index (χ3n) is 5.85. The van der Waals surface area contributed by atoms with Crippen LogP contribution in [-0.2, 0) is 15.8 Å². The molecule has 0 unspecified atom stereocenters. The maximum Gasteiger partial charge on any atom is 0.244 e. The van der Waals surface area contributed by atoms with E-state index in [1.807, 2.05) is 30.3 Å². The Labute approximate surface area is 164 Å². The highest BCUT2D eigenvalue weighted by atomic mass is 32.2. The Kier molecular flexibility index (Phi) is 4.32. The van der Waals surface area contributed by atoms with E-state index in [9.17, 15) is 8.42 Å². The molecule has 2 fully saturated rings. The molecule has 0 saturated carbocycles. The van der Waals surface area contributed by atoms with Crippen molar-refractivity contribution in [2.45, 2.75) is 49.6 Å². The Balaban J connectivity index is 1.45. The Morgan fingerprint density at radius 1 is 1.07 bits per heavy atom. The molecule has 3 aromatic rings. The van der Waals surface area contributed by atoms with Gasteiger partial charge in [-0.15, -0.1) is 0 Å². The minimum absolute atomic E-state index is 0.0691. The highest BCUT2D eigenvalue weighted by Crippen LogP contribution is 2.30. The highest BCUT2D eigenvalue weighted by Gasteiger charge is 2.35. The number of aromatic nitrogens is 3. The molecule has 1 aromatic carbocycles. The average Bonchev–Trinajstić information content (AvgIpc) is 3.30. The largest absolute Gasteiger partial charge is 0.365 e. The first kappa shape index (κ1) is 17.6. The summed E-state index contributed by atoms with van der Waals surface area (Å²) in [6, 6.07) is 12.4. The molecule has 2 aromatic heterocycles. The molecular weight excluding hydrogens is 374 g/mol. The lowest BCUT2D eigenvalue weighted by atomic mass is 10.00. The molecular formula is C20H23N5O2S. The van der Waals surface area contributed by atoms with Gasteiger partial charge in [0.05, 0.1) is 11.1 Å². The van der Waals surface area contributed by atoms with E-state index in [1.54, 1.807) is 12.3 Å². The van der Waals surface area contributed by atoms with Crippen molar-refractivity contribution < 1.29 is 8.42 Å². The van der Waals surface area contributed by atoms with Crippen molar-refractivity contribution in [3.8, 4) is 0 Å². The van der Waals surface area contributed by atoms with Crippen molar-refractivity contribution in [3.05, 3.63) is 54.5 Å². The Morgan fingerprint density at radius 3 is 2.75 bits per heavy atom. The molecule has 2 bridgehead atoms. The highest BCUT2D eigenvalue weighted by molar-refractivity contribution is 7.89. The first-order chi connectivity index (χ1) is 13.6. The molecule has 2 aliphatic rings. The summed E-state index contributed by atoms with van der Waals surface area (Å²) in [7, 11) is -3.57. The molecule has 2 aliphatic heterocycles. The van der Waals surface area contributed by atoms with Crippen molar-refractivity contribution in [2.24, 2.45) is 0 Å². The van der Waals surface area contributed by atoms with Gasteiger partial charge in [0.25, 0.3) is 0 Å². The third-order valence-corrected chi connectivity index (χ3v) is 7.44. The zero-order valence-electron chi connectivity index (χ0n) is 15.5. The van der Waals surface area contributed by atoms with E-state index in [0.717, 1.165) is 23.8 Å². The number of hydrogen-bond donors (Lipinski definition) is 2. The summed E-state index contributed by atoms with van der Waals surface area (Å²) in [5, 5.41) is 7.94. The van der Waals surface area contributed by atoms with Crippen LogP contribution in [-0.4, -0.2) is 40.5 Å². The van der Waals surface area contributed by atoms with Crippen molar-refractivity contribution in [1.29, 1.82) is 0 Å². The van der Waals surface area contributed by atoms with Gasteiger partial charge in [-0.25, -0.2) is 22.4 Å². The van der Waals surface area contributed by atoms with E-state index >= 15 is 0 Å². The van der Waals surface area contributed by atoms with Crippen molar-refractivity contribution >= 4 is 26.9 Å². The fourth-order valence-electron chi connectivity index (χ4n) is 4.45. The zero-order chi connectivity index (χ0) is 19.1. The van der Waals surface area contributed by atoms with Gasteiger partial charge in [-0.2, -0.15) is 0 Å². The molecule has 0 aliphatic carbocycles. The monoisotopic (exact) mass is 397 g/mol. The number of nitrogens with zero attached hydrogens (tertiary/aromatic N) is 3. The van der Waals surface area contributed by atoms with Crippen LogP contribution in [0.3, 0.4) is 0 Å². The molecule has 4 heterocycles.